The predicted molar refractivity (Wildman–Crippen MR) is 89.1 cm³/mol. The van der Waals surface area contributed by atoms with Crippen molar-refractivity contribution in [2.75, 3.05) is 0 Å². The number of hydrogen-bond acceptors (Lipinski definition) is 2. The second kappa shape index (κ2) is 6.84. The van der Waals surface area contributed by atoms with Crippen LogP contribution >= 0.6 is 11.6 Å². The number of halogens is 1. The van der Waals surface area contributed by atoms with Crippen LogP contribution in [0, 0.1) is 0 Å². The summed E-state index contributed by atoms with van der Waals surface area (Å²) in [7, 11) is 0. The maximum Gasteiger partial charge on any atom is 0.325 e. The summed E-state index contributed by atoms with van der Waals surface area (Å²) in [5.41, 5.74) is 2.03. The molecule has 1 saturated heterocycles. The molecule has 0 radical (unpaired) electrons. The number of benzene rings is 2. The van der Waals surface area contributed by atoms with Gasteiger partial charge in [0, 0.05) is 5.02 Å². The van der Waals surface area contributed by atoms with Crippen LogP contribution in [0.25, 0.3) is 0 Å². The van der Waals surface area contributed by atoms with Crippen molar-refractivity contribution < 1.29 is 9.59 Å². The zero-order chi connectivity index (χ0) is 16.2. The Balaban J connectivity index is 1.62. The van der Waals surface area contributed by atoms with Crippen LogP contribution in [-0.2, 0) is 17.8 Å². The monoisotopic (exact) mass is 328 g/mol. The average molecular weight is 329 g/mol. The molecule has 0 aliphatic carbocycles. The maximum atomic E-state index is 12.4. The molecule has 2 aromatic carbocycles. The molecule has 23 heavy (non-hydrogen) atoms. The van der Waals surface area contributed by atoms with Gasteiger partial charge in [0.05, 0.1) is 6.54 Å². The molecular formula is C18H17ClN2O2. The molecule has 0 saturated carbocycles. The van der Waals surface area contributed by atoms with E-state index >= 15 is 0 Å². The predicted octanol–water partition coefficient (Wildman–Crippen LogP) is 3.39. The van der Waals surface area contributed by atoms with Gasteiger partial charge in [-0.2, -0.15) is 0 Å². The first-order valence-corrected chi connectivity index (χ1v) is 7.91. The van der Waals surface area contributed by atoms with Gasteiger partial charge < -0.3 is 5.32 Å². The first kappa shape index (κ1) is 15.6. The van der Waals surface area contributed by atoms with E-state index in [4.69, 9.17) is 11.6 Å². The molecule has 1 fully saturated rings. The Morgan fingerprint density at radius 1 is 0.957 bits per heavy atom. The van der Waals surface area contributed by atoms with Crippen molar-refractivity contribution in [3.8, 4) is 0 Å². The van der Waals surface area contributed by atoms with E-state index in [-0.39, 0.29) is 18.5 Å². The van der Waals surface area contributed by atoms with Crippen LogP contribution in [0.2, 0.25) is 5.02 Å². The number of carbonyl (C=O) groups is 2. The molecule has 1 atom stereocenters. The fraction of sp³-hybridized carbons (Fsp3) is 0.222. The fourth-order valence-corrected chi connectivity index (χ4v) is 2.78. The van der Waals surface area contributed by atoms with Crippen LogP contribution in [0.4, 0.5) is 4.79 Å². The van der Waals surface area contributed by atoms with Gasteiger partial charge in [-0.3, -0.25) is 9.69 Å². The highest BCUT2D eigenvalue weighted by Gasteiger charge is 2.37. The van der Waals surface area contributed by atoms with Gasteiger partial charge in [-0.25, -0.2) is 4.79 Å². The van der Waals surface area contributed by atoms with E-state index in [2.05, 4.69) is 5.32 Å². The summed E-state index contributed by atoms with van der Waals surface area (Å²) >= 11 is 5.85. The number of imide groups is 1. The third-order valence-electron chi connectivity index (χ3n) is 3.93. The van der Waals surface area contributed by atoms with Crippen LogP contribution < -0.4 is 5.32 Å². The Labute approximate surface area is 140 Å². The van der Waals surface area contributed by atoms with Gasteiger partial charge in [0.2, 0.25) is 0 Å². The number of aryl methyl sites for hydroxylation is 1. The molecule has 1 unspecified atom stereocenters. The average Bonchev–Trinajstić information content (AvgIpc) is 2.83. The van der Waals surface area contributed by atoms with E-state index in [1.54, 1.807) is 12.1 Å². The van der Waals surface area contributed by atoms with E-state index in [0.29, 0.717) is 11.4 Å². The number of carbonyl (C=O) groups excluding carboxylic acids is 2. The SMILES string of the molecule is O=C1NC(CCc2ccccc2)C(=O)N1Cc1ccc(Cl)cc1. The van der Waals surface area contributed by atoms with Gasteiger partial charge in [-0.15, -0.1) is 0 Å². The molecule has 4 nitrogen and oxygen atoms in total. The van der Waals surface area contributed by atoms with Crippen LogP contribution in [0.1, 0.15) is 17.5 Å². The van der Waals surface area contributed by atoms with Crippen molar-refractivity contribution in [1.29, 1.82) is 0 Å². The van der Waals surface area contributed by atoms with E-state index in [1.807, 2.05) is 42.5 Å². The second-order valence-corrected chi connectivity index (χ2v) is 6.01. The van der Waals surface area contributed by atoms with E-state index in [9.17, 15) is 9.59 Å². The third-order valence-corrected chi connectivity index (χ3v) is 4.18. The summed E-state index contributed by atoms with van der Waals surface area (Å²) in [6.45, 7) is 0.268. The van der Waals surface area contributed by atoms with Crippen molar-refractivity contribution in [3.63, 3.8) is 0 Å². The molecule has 0 spiro atoms. The Kier molecular flexibility index (Phi) is 4.63. The van der Waals surface area contributed by atoms with Crippen molar-refractivity contribution in [2.45, 2.75) is 25.4 Å². The molecule has 1 aliphatic rings. The number of nitrogens with one attached hydrogen (secondary N) is 1. The highest BCUT2D eigenvalue weighted by Crippen LogP contribution is 2.17. The van der Waals surface area contributed by atoms with Crippen molar-refractivity contribution in [2.24, 2.45) is 0 Å². The highest BCUT2D eigenvalue weighted by molar-refractivity contribution is 6.30. The number of rotatable bonds is 5. The van der Waals surface area contributed by atoms with E-state index < -0.39 is 6.04 Å². The Bertz CT molecular complexity index is 701. The highest BCUT2D eigenvalue weighted by atomic mass is 35.5. The first-order chi connectivity index (χ1) is 11.1. The van der Waals surface area contributed by atoms with Crippen LogP contribution in [0.15, 0.2) is 54.6 Å². The lowest BCUT2D eigenvalue weighted by atomic mass is 10.1. The van der Waals surface area contributed by atoms with Crippen LogP contribution in [0.5, 0.6) is 0 Å². The number of nitrogens with zero attached hydrogens (tertiary/aromatic N) is 1. The normalized spacial score (nSPS) is 17.4. The van der Waals surface area contributed by atoms with E-state index in [0.717, 1.165) is 17.5 Å². The summed E-state index contributed by atoms with van der Waals surface area (Å²) in [6.07, 6.45) is 1.36. The molecule has 0 aromatic heterocycles. The lowest BCUT2D eigenvalue weighted by Gasteiger charge is -2.13. The molecule has 118 valence electrons. The molecule has 1 N–H and O–H groups in total. The smallest absolute Gasteiger partial charge is 0.325 e. The van der Waals surface area contributed by atoms with Gasteiger partial charge in [-0.1, -0.05) is 54.1 Å². The quantitative estimate of drug-likeness (QED) is 0.855. The lowest BCUT2D eigenvalue weighted by Crippen LogP contribution is -2.31. The lowest BCUT2D eigenvalue weighted by molar-refractivity contribution is -0.128. The summed E-state index contributed by atoms with van der Waals surface area (Å²) in [5, 5.41) is 3.40. The maximum absolute atomic E-state index is 12.4. The molecule has 2 aromatic rings. The summed E-state index contributed by atoms with van der Waals surface area (Å²) in [4.78, 5) is 25.7. The largest absolute Gasteiger partial charge is 0.326 e. The Morgan fingerprint density at radius 3 is 2.35 bits per heavy atom. The van der Waals surface area contributed by atoms with Gasteiger partial charge in [0.15, 0.2) is 0 Å². The van der Waals surface area contributed by atoms with Gasteiger partial charge in [0.25, 0.3) is 5.91 Å². The molecule has 3 rings (SSSR count). The standard InChI is InChI=1S/C18H17ClN2O2/c19-15-9-6-14(7-10-15)12-21-17(22)16(20-18(21)23)11-8-13-4-2-1-3-5-13/h1-7,9-10,16H,8,11-12H2,(H,20,23). The summed E-state index contributed by atoms with van der Waals surface area (Å²) < 4.78 is 0. The van der Waals surface area contributed by atoms with Crippen molar-refractivity contribution in [1.82, 2.24) is 10.2 Å². The van der Waals surface area contributed by atoms with E-state index in [1.165, 1.54) is 4.90 Å². The molecule has 5 heteroatoms. The fourth-order valence-electron chi connectivity index (χ4n) is 2.65. The van der Waals surface area contributed by atoms with Crippen molar-refractivity contribution >= 4 is 23.5 Å². The zero-order valence-electron chi connectivity index (χ0n) is 12.5. The molecule has 0 bridgehead atoms. The summed E-state index contributed by atoms with van der Waals surface area (Å²) in [5.74, 6) is -0.166. The topological polar surface area (TPSA) is 49.4 Å². The third kappa shape index (κ3) is 3.71. The first-order valence-electron chi connectivity index (χ1n) is 7.54. The van der Waals surface area contributed by atoms with Gasteiger partial charge >= 0.3 is 6.03 Å². The molecule has 3 amide bonds. The zero-order valence-corrected chi connectivity index (χ0v) is 13.3. The second-order valence-electron chi connectivity index (χ2n) is 5.58. The van der Waals surface area contributed by atoms with Gasteiger partial charge in [0.1, 0.15) is 6.04 Å². The minimum atomic E-state index is -0.449. The number of hydrogen-bond donors (Lipinski definition) is 1. The van der Waals surface area contributed by atoms with Gasteiger partial charge in [-0.05, 0) is 36.1 Å². The number of urea groups is 1. The van der Waals surface area contributed by atoms with Crippen LogP contribution in [0.3, 0.4) is 0 Å². The minimum Gasteiger partial charge on any atom is -0.326 e. The minimum absolute atomic E-state index is 0.166. The molecule has 1 aliphatic heterocycles. The number of amides is 3. The molecule has 1 heterocycles. The Hall–Kier alpha value is -2.33. The van der Waals surface area contributed by atoms with Crippen molar-refractivity contribution in [3.05, 3.63) is 70.7 Å². The van der Waals surface area contributed by atoms with Crippen LogP contribution in [-0.4, -0.2) is 22.9 Å². The Morgan fingerprint density at radius 2 is 1.65 bits per heavy atom. The molecular weight excluding hydrogens is 312 g/mol. The summed E-state index contributed by atoms with van der Waals surface area (Å²) in [6, 6.07) is 16.3.